The molecule has 0 spiro atoms. The minimum atomic E-state index is -4.24. The van der Waals surface area contributed by atoms with Crippen LogP contribution in [-0.4, -0.2) is 28.3 Å². The molecule has 7 heteroatoms. The van der Waals surface area contributed by atoms with Crippen molar-refractivity contribution < 1.29 is 28.7 Å². The summed E-state index contributed by atoms with van der Waals surface area (Å²) >= 11 is 0. The Morgan fingerprint density at radius 2 is 1.46 bits per heavy atom. The van der Waals surface area contributed by atoms with Gasteiger partial charge in [-0.1, -0.05) is 13.2 Å². The average Bonchev–Trinajstić information content (AvgIpc) is 1.98. The average molecular weight is 210 g/mol. The van der Waals surface area contributed by atoms with Crippen molar-refractivity contribution in [3.8, 4) is 0 Å². The van der Waals surface area contributed by atoms with Crippen molar-refractivity contribution in [2.45, 2.75) is 0 Å². The van der Waals surface area contributed by atoms with E-state index in [0.29, 0.717) is 0 Å². The molecule has 0 unspecified atom stereocenters. The Balaban J connectivity index is 3.87. The van der Waals surface area contributed by atoms with Gasteiger partial charge in [0.25, 0.3) is 0 Å². The van der Waals surface area contributed by atoms with Crippen LogP contribution in [0.15, 0.2) is 24.7 Å². The molecule has 0 aliphatic rings. The number of phosphoric ester groups is 1. The summed E-state index contributed by atoms with van der Waals surface area (Å²) in [6.07, 6.45) is 0. The number of aliphatic hydroxyl groups is 2. The quantitative estimate of drug-likeness (QED) is 0.451. The van der Waals surface area contributed by atoms with Gasteiger partial charge in [0.1, 0.15) is 24.7 Å². The first kappa shape index (κ1) is 12.2. The largest absolute Gasteiger partial charge is 0.510 e. The molecular weight excluding hydrogens is 199 g/mol. The normalized spacial score (nSPS) is 11.2. The molecular formula is C6H11O6P. The molecule has 6 nitrogen and oxygen atoms in total. The Morgan fingerprint density at radius 1 is 1.15 bits per heavy atom. The summed E-state index contributed by atoms with van der Waals surface area (Å²) < 4.78 is 19.3. The molecule has 13 heavy (non-hydrogen) atoms. The van der Waals surface area contributed by atoms with Crippen LogP contribution in [-0.2, 0) is 13.6 Å². The summed E-state index contributed by atoms with van der Waals surface area (Å²) in [7, 11) is -4.24. The summed E-state index contributed by atoms with van der Waals surface area (Å²) in [6, 6.07) is 0. The summed E-state index contributed by atoms with van der Waals surface area (Å²) in [4.78, 5) is 8.82. The van der Waals surface area contributed by atoms with Crippen molar-refractivity contribution >= 4 is 7.82 Å². The van der Waals surface area contributed by atoms with Gasteiger partial charge in [-0.2, -0.15) is 0 Å². The highest BCUT2D eigenvalue weighted by Gasteiger charge is 2.21. The Bertz CT molecular complexity index is 226. The maximum atomic E-state index is 10.8. The zero-order chi connectivity index (χ0) is 10.5. The summed E-state index contributed by atoms with van der Waals surface area (Å²) in [6.45, 7) is 5.04. The first-order valence-electron chi connectivity index (χ1n) is 3.19. The molecule has 0 saturated carbocycles. The van der Waals surface area contributed by atoms with Crippen molar-refractivity contribution in [1.29, 1.82) is 0 Å². The van der Waals surface area contributed by atoms with E-state index in [9.17, 15) is 4.57 Å². The number of aliphatic hydroxyl groups excluding tert-OH is 2. The third kappa shape index (κ3) is 7.55. The SMILES string of the molecule is C=C(O)COP(=O)(O)OCC(=C)O. The van der Waals surface area contributed by atoms with E-state index in [1.165, 1.54) is 0 Å². The molecule has 0 heterocycles. The monoisotopic (exact) mass is 210 g/mol. The van der Waals surface area contributed by atoms with E-state index in [1.807, 2.05) is 0 Å². The van der Waals surface area contributed by atoms with Crippen molar-refractivity contribution in [2.24, 2.45) is 0 Å². The fraction of sp³-hybridized carbons (Fsp3) is 0.333. The van der Waals surface area contributed by atoms with Crippen molar-refractivity contribution in [1.82, 2.24) is 0 Å². The Kier molecular flexibility index (Phi) is 4.72. The fourth-order valence-corrected chi connectivity index (χ4v) is 1.05. The zero-order valence-electron chi connectivity index (χ0n) is 6.84. The molecule has 76 valence electrons. The van der Waals surface area contributed by atoms with Crippen LogP contribution in [0, 0.1) is 0 Å². The lowest BCUT2D eigenvalue weighted by atomic mass is 10.6. The molecule has 3 N–H and O–H groups in total. The number of hydrogen-bond acceptors (Lipinski definition) is 5. The molecule has 0 saturated heterocycles. The maximum absolute atomic E-state index is 10.8. The van der Waals surface area contributed by atoms with E-state index in [2.05, 4.69) is 22.2 Å². The molecule has 0 atom stereocenters. The predicted octanol–water partition coefficient (Wildman–Crippen LogP) is 1.26. The molecule has 0 fully saturated rings. The lowest BCUT2D eigenvalue weighted by Gasteiger charge is -2.10. The lowest BCUT2D eigenvalue weighted by molar-refractivity contribution is 0.142. The van der Waals surface area contributed by atoms with Gasteiger partial charge >= 0.3 is 7.82 Å². The Labute approximate surface area is 75.3 Å². The third-order valence-electron chi connectivity index (χ3n) is 0.789. The second-order valence-corrected chi connectivity index (χ2v) is 3.60. The van der Waals surface area contributed by atoms with Gasteiger partial charge in [-0.05, 0) is 0 Å². The van der Waals surface area contributed by atoms with Gasteiger partial charge in [0.2, 0.25) is 0 Å². The van der Waals surface area contributed by atoms with Crippen LogP contribution in [0.2, 0.25) is 0 Å². The molecule has 0 aromatic carbocycles. The third-order valence-corrected chi connectivity index (χ3v) is 1.70. The van der Waals surface area contributed by atoms with Crippen LogP contribution < -0.4 is 0 Å². The van der Waals surface area contributed by atoms with E-state index in [4.69, 9.17) is 15.1 Å². The van der Waals surface area contributed by atoms with Crippen molar-refractivity contribution in [2.75, 3.05) is 13.2 Å². The van der Waals surface area contributed by atoms with E-state index in [0.717, 1.165) is 0 Å². The fourth-order valence-electron chi connectivity index (χ4n) is 0.349. The van der Waals surface area contributed by atoms with Gasteiger partial charge in [-0.15, -0.1) is 0 Å². The van der Waals surface area contributed by atoms with E-state index in [1.54, 1.807) is 0 Å². The zero-order valence-corrected chi connectivity index (χ0v) is 7.74. The maximum Gasteiger partial charge on any atom is 0.473 e. The molecule has 0 rings (SSSR count). The van der Waals surface area contributed by atoms with Crippen LogP contribution in [0.25, 0.3) is 0 Å². The van der Waals surface area contributed by atoms with E-state index >= 15 is 0 Å². The topological polar surface area (TPSA) is 96.2 Å². The highest BCUT2D eigenvalue weighted by atomic mass is 31.2. The van der Waals surface area contributed by atoms with Gasteiger partial charge in [-0.3, -0.25) is 9.05 Å². The van der Waals surface area contributed by atoms with Crippen molar-refractivity contribution in [3.05, 3.63) is 24.7 Å². The Hall–Kier alpha value is -0.810. The van der Waals surface area contributed by atoms with Crippen LogP contribution in [0.1, 0.15) is 0 Å². The second-order valence-electron chi connectivity index (χ2n) is 2.15. The minimum absolute atomic E-state index is 0.402. The van der Waals surface area contributed by atoms with Gasteiger partial charge in [0, 0.05) is 0 Å². The molecule has 0 bridgehead atoms. The summed E-state index contributed by atoms with van der Waals surface area (Å²) in [5.74, 6) is -0.804. The van der Waals surface area contributed by atoms with Crippen LogP contribution >= 0.6 is 7.82 Å². The van der Waals surface area contributed by atoms with E-state index < -0.39 is 32.6 Å². The van der Waals surface area contributed by atoms with Gasteiger partial charge in [-0.25, -0.2) is 4.57 Å². The predicted molar refractivity (Wildman–Crippen MR) is 45.3 cm³/mol. The van der Waals surface area contributed by atoms with Gasteiger partial charge < -0.3 is 15.1 Å². The molecule has 0 radical (unpaired) electrons. The van der Waals surface area contributed by atoms with Gasteiger partial charge in [0.15, 0.2) is 0 Å². The molecule has 0 aromatic rings. The minimum Gasteiger partial charge on any atom is -0.510 e. The van der Waals surface area contributed by atoms with Crippen LogP contribution in [0.4, 0.5) is 0 Å². The molecule has 0 amide bonds. The highest BCUT2D eigenvalue weighted by molar-refractivity contribution is 7.47. The number of phosphoric acid groups is 1. The highest BCUT2D eigenvalue weighted by Crippen LogP contribution is 2.43. The molecule has 0 aromatic heterocycles. The molecule has 0 aliphatic heterocycles. The van der Waals surface area contributed by atoms with Crippen molar-refractivity contribution in [3.63, 3.8) is 0 Å². The first-order valence-corrected chi connectivity index (χ1v) is 4.68. The molecule has 0 aliphatic carbocycles. The second kappa shape index (κ2) is 5.04. The standard InChI is InChI=1S/C6H11O6P/c1-5(7)3-11-13(9,10)12-4-6(2)8/h7-8H,1-4H2,(H,9,10). The lowest BCUT2D eigenvalue weighted by Crippen LogP contribution is -2.00. The first-order chi connectivity index (χ1) is 5.83. The van der Waals surface area contributed by atoms with Crippen LogP contribution in [0.3, 0.4) is 0 Å². The Morgan fingerprint density at radius 3 is 1.69 bits per heavy atom. The van der Waals surface area contributed by atoms with Crippen LogP contribution in [0.5, 0.6) is 0 Å². The summed E-state index contributed by atoms with van der Waals surface area (Å²) in [5.41, 5.74) is 0. The smallest absolute Gasteiger partial charge is 0.473 e. The van der Waals surface area contributed by atoms with Gasteiger partial charge in [0.05, 0.1) is 0 Å². The number of rotatable bonds is 6. The summed E-state index contributed by atoms with van der Waals surface area (Å²) in [5, 5.41) is 17.0. The number of hydrogen-bond donors (Lipinski definition) is 3. The van der Waals surface area contributed by atoms with E-state index in [-0.39, 0.29) is 0 Å².